The summed E-state index contributed by atoms with van der Waals surface area (Å²) in [5, 5.41) is 6.32. The van der Waals surface area contributed by atoms with E-state index >= 15 is 0 Å². The monoisotopic (exact) mass is 463 g/mol. The Labute approximate surface area is 200 Å². The normalized spacial score (nSPS) is 11.8. The van der Waals surface area contributed by atoms with Crippen LogP contribution >= 0.6 is 11.6 Å². The maximum absolute atomic E-state index is 12.9. The fourth-order valence-electron chi connectivity index (χ4n) is 3.67. The standard InChI is InChI=1S/C27H30ClN3O2/c1-3-31(4-2)19-20-11-10-14-22(17-20)29-26(32)18-25(21-12-6-5-7-13-21)30-27(33)23-15-8-9-16-24(23)28/h5-17,25H,3-4,18-19H2,1-2H3,(H,29,32)(H,30,33). The van der Waals surface area contributed by atoms with Gasteiger partial charge in [0.2, 0.25) is 5.91 Å². The number of halogens is 1. The van der Waals surface area contributed by atoms with Crippen molar-refractivity contribution in [2.24, 2.45) is 0 Å². The van der Waals surface area contributed by atoms with Crippen LogP contribution in [0.1, 0.15) is 47.8 Å². The molecule has 0 saturated carbocycles. The van der Waals surface area contributed by atoms with E-state index in [1.54, 1.807) is 24.3 Å². The summed E-state index contributed by atoms with van der Waals surface area (Å²) in [6, 6.07) is 23.7. The van der Waals surface area contributed by atoms with E-state index in [2.05, 4.69) is 35.4 Å². The molecule has 3 aromatic rings. The first kappa shape index (κ1) is 24.5. The van der Waals surface area contributed by atoms with Crippen LogP contribution in [0, 0.1) is 0 Å². The number of carbonyl (C=O) groups excluding carboxylic acids is 2. The molecule has 0 saturated heterocycles. The molecular weight excluding hydrogens is 434 g/mol. The maximum atomic E-state index is 12.9. The Morgan fingerprint density at radius 3 is 2.30 bits per heavy atom. The number of nitrogens with one attached hydrogen (secondary N) is 2. The molecule has 1 unspecified atom stereocenters. The van der Waals surface area contributed by atoms with Crippen molar-refractivity contribution in [3.8, 4) is 0 Å². The van der Waals surface area contributed by atoms with Gasteiger partial charge in [0.05, 0.1) is 23.0 Å². The third kappa shape index (κ3) is 7.17. The summed E-state index contributed by atoms with van der Waals surface area (Å²) < 4.78 is 0. The number of carbonyl (C=O) groups is 2. The molecule has 0 heterocycles. The molecule has 0 aliphatic carbocycles. The Balaban J connectivity index is 1.72. The van der Waals surface area contributed by atoms with Crippen molar-refractivity contribution < 1.29 is 9.59 Å². The quantitative estimate of drug-likeness (QED) is 0.406. The Kier molecular flexibility index (Phi) is 9.04. The summed E-state index contributed by atoms with van der Waals surface area (Å²) >= 11 is 6.19. The second kappa shape index (κ2) is 12.2. The number of hydrogen-bond acceptors (Lipinski definition) is 3. The number of anilines is 1. The van der Waals surface area contributed by atoms with E-state index in [1.807, 2.05) is 48.5 Å². The van der Waals surface area contributed by atoms with Gasteiger partial charge >= 0.3 is 0 Å². The molecule has 0 radical (unpaired) electrons. The summed E-state index contributed by atoms with van der Waals surface area (Å²) in [7, 11) is 0. The van der Waals surface area contributed by atoms with Crippen molar-refractivity contribution in [3.63, 3.8) is 0 Å². The molecule has 2 amide bonds. The van der Waals surface area contributed by atoms with Crippen LogP contribution in [0.3, 0.4) is 0 Å². The molecule has 6 heteroatoms. The highest BCUT2D eigenvalue weighted by molar-refractivity contribution is 6.33. The van der Waals surface area contributed by atoms with Crippen LogP contribution in [0.5, 0.6) is 0 Å². The fourth-order valence-corrected chi connectivity index (χ4v) is 3.89. The first-order valence-corrected chi connectivity index (χ1v) is 11.6. The molecule has 0 aliphatic heterocycles. The third-order valence-electron chi connectivity index (χ3n) is 5.53. The van der Waals surface area contributed by atoms with Crippen molar-refractivity contribution >= 4 is 29.1 Å². The van der Waals surface area contributed by atoms with Gasteiger partial charge in [-0.2, -0.15) is 0 Å². The van der Waals surface area contributed by atoms with Gasteiger partial charge in [-0.3, -0.25) is 14.5 Å². The second-order valence-corrected chi connectivity index (χ2v) is 8.24. The van der Waals surface area contributed by atoms with Gasteiger partial charge in [-0.25, -0.2) is 0 Å². The molecule has 0 aliphatic rings. The van der Waals surface area contributed by atoms with Crippen molar-refractivity contribution in [3.05, 3.63) is 101 Å². The molecule has 0 fully saturated rings. The lowest BCUT2D eigenvalue weighted by atomic mass is 10.0. The summed E-state index contributed by atoms with van der Waals surface area (Å²) in [6.45, 7) is 7.04. The number of nitrogens with zero attached hydrogens (tertiary/aromatic N) is 1. The van der Waals surface area contributed by atoms with Crippen LogP contribution in [0.15, 0.2) is 78.9 Å². The predicted molar refractivity (Wildman–Crippen MR) is 134 cm³/mol. The van der Waals surface area contributed by atoms with Crippen molar-refractivity contribution in [2.75, 3.05) is 18.4 Å². The largest absolute Gasteiger partial charge is 0.345 e. The topological polar surface area (TPSA) is 61.4 Å². The highest BCUT2D eigenvalue weighted by Gasteiger charge is 2.20. The van der Waals surface area contributed by atoms with E-state index in [0.29, 0.717) is 10.6 Å². The fraction of sp³-hybridized carbons (Fsp3) is 0.259. The lowest BCUT2D eigenvalue weighted by Crippen LogP contribution is -2.31. The van der Waals surface area contributed by atoms with E-state index in [-0.39, 0.29) is 18.2 Å². The van der Waals surface area contributed by atoms with Gasteiger partial charge in [0, 0.05) is 12.2 Å². The van der Waals surface area contributed by atoms with E-state index in [4.69, 9.17) is 11.6 Å². The number of amides is 2. The van der Waals surface area contributed by atoms with Crippen molar-refractivity contribution in [1.29, 1.82) is 0 Å². The van der Waals surface area contributed by atoms with Gasteiger partial charge in [0.15, 0.2) is 0 Å². The highest BCUT2D eigenvalue weighted by Crippen LogP contribution is 2.21. The maximum Gasteiger partial charge on any atom is 0.253 e. The minimum absolute atomic E-state index is 0.0977. The lowest BCUT2D eigenvalue weighted by molar-refractivity contribution is -0.116. The zero-order valence-corrected chi connectivity index (χ0v) is 19.8. The summed E-state index contributed by atoms with van der Waals surface area (Å²) in [4.78, 5) is 28.1. The molecule has 2 N–H and O–H groups in total. The molecule has 33 heavy (non-hydrogen) atoms. The summed E-state index contributed by atoms with van der Waals surface area (Å²) in [6.07, 6.45) is 0.0977. The van der Waals surface area contributed by atoms with Crippen LogP contribution in [0.25, 0.3) is 0 Å². The van der Waals surface area contributed by atoms with Crippen LogP contribution in [0.4, 0.5) is 5.69 Å². The molecule has 0 spiro atoms. The van der Waals surface area contributed by atoms with Crippen LogP contribution in [-0.4, -0.2) is 29.8 Å². The molecule has 3 aromatic carbocycles. The van der Waals surface area contributed by atoms with E-state index in [9.17, 15) is 9.59 Å². The first-order valence-electron chi connectivity index (χ1n) is 11.2. The first-order chi connectivity index (χ1) is 16.0. The molecule has 0 aromatic heterocycles. The van der Waals surface area contributed by atoms with Gasteiger partial charge in [-0.1, -0.05) is 80.0 Å². The van der Waals surface area contributed by atoms with Crippen LogP contribution < -0.4 is 10.6 Å². The zero-order chi connectivity index (χ0) is 23.6. The Hall–Kier alpha value is -3.15. The Morgan fingerprint density at radius 1 is 0.909 bits per heavy atom. The van der Waals surface area contributed by atoms with E-state index < -0.39 is 6.04 Å². The van der Waals surface area contributed by atoms with E-state index in [1.165, 1.54) is 0 Å². The minimum Gasteiger partial charge on any atom is -0.345 e. The van der Waals surface area contributed by atoms with Crippen molar-refractivity contribution in [2.45, 2.75) is 32.9 Å². The molecule has 1 atom stereocenters. The highest BCUT2D eigenvalue weighted by atomic mass is 35.5. The Morgan fingerprint density at radius 2 is 1.61 bits per heavy atom. The average Bonchev–Trinajstić information content (AvgIpc) is 2.83. The van der Waals surface area contributed by atoms with Crippen LogP contribution in [-0.2, 0) is 11.3 Å². The number of hydrogen-bond donors (Lipinski definition) is 2. The van der Waals surface area contributed by atoms with Gasteiger partial charge in [0.1, 0.15) is 0 Å². The molecule has 3 rings (SSSR count). The lowest BCUT2D eigenvalue weighted by Gasteiger charge is -2.20. The van der Waals surface area contributed by atoms with Crippen LogP contribution in [0.2, 0.25) is 5.02 Å². The van der Waals surface area contributed by atoms with E-state index in [0.717, 1.165) is 36.4 Å². The second-order valence-electron chi connectivity index (χ2n) is 7.83. The van der Waals surface area contributed by atoms with Crippen molar-refractivity contribution in [1.82, 2.24) is 10.2 Å². The summed E-state index contributed by atoms with van der Waals surface area (Å²) in [5.74, 6) is -0.494. The number of benzene rings is 3. The number of rotatable bonds is 10. The smallest absolute Gasteiger partial charge is 0.253 e. The third-order valence-corrected chi connectivity index (χ3v) is 5.86. The van der Waals surface area contributed by atoms with Gasteiger partial charge < -0.3 is 10.6 Å². The zero-order valence-electron chi connectivity index (χ0n) is 19.1. The SMILES string of the molecule is CCN(CC)Cc1cccc(NC(=O)CC(NC(=O)c2ccccc2Cl)c2ccccc2)c1. The molecule has 5 nitrogen and oxygen atoms in total. The van der Waals surface area contributed by atoms with Gasteiger partial charge in [-0.05, 0) is 48.5 Å². The minimum atomic E-state index is -0.492. The van der Waals surface area contributed by atoms with Gasteiger partial charge in [0.25, 0.3) is 5.91 Å². The summed E-state index contributed by atoms with van der Waals surface area (Å²) in [5.41, 5.74) is 3.12. The predicted octanol–water partition coefficient (Wildman–Crippen LogP) is 5.68. The molecular formula is C27H30ClN3O2. The molecule has 172 valence electrons. The van der Waals surface area contributed by atoms with Gasteiger partial charge in [-0.15, -0.1) is 0 Å². The average molecular weight is 464 g/mol. The Bertz CT molecular complexity index is 1070. The molecule has 0 bridgehead atoms.